The van der Waals surface area contributed by atoms with Crippen molar-refractivity contribution in [3.8, 4) is 0 Å². The van der Waals surface area contributed by atoms with Gasteiger partial charge in [0.2, 0.25) is 0 Å². The van der Waals surface area contributed by atoms with E-state index in [2.05, 4.69) is 41.8 Å². The number of amides is 1. The SMILES string of the molecule is CC(C)(C)c1cn2c(n1)CC[C@@H](NC(=O)c1ccccn1)C2. The molecule has 1 amide bonds. The zero-order chi connectivity index (χ0) is 15.7. The molecule has 0 aromatic carbocycles. The van der Waals surface area contributed by atoms with Crippen molar-refractivity contribution >= 4 is 5.91 Å². The van der Waals surface area contributed by atoms with E-state index in [1.54, 1.807) is 12.3 Å². The number of hydrogen-bond acceptors (Lipinski definition) is 3. The van der Waals surface area contributed by atoms with Gasteiger partial charge in [0.1, 0.15) is 11.5 Å². The van der Waals surface area contributed by atoms with Crippen LogP contribution in [0.3, 0.4) is 0 Å². The number of aryl methyl sites for hydroxylation is 1. The molecule has 0 saturated heterocycles. The van der Waals surface area contributed by atoms with Crippen molar-refractivity contribution in [1.82, 2.24) is 19.9 Å². The van der Waals surface area contributed by atoms with Crippen LogP contribution in [0, 0.1) is 0 Å². The van der Waals surface area contributed by atoms with Crippen LogP contribution >= 0.6 is 0 Å². The van der Waals surface area contributed by atoms with Gasteiger partial charge in [-0.25, -0.2) is 4.98 Å². The lowest BCUT2D eigenvalue weighted by Gasteiger charge is -2.24. The van der Waals surface area contributed by atoms with Gasteiger partial charge in [0, 0.05) is 36.8 Å². The molecule has 1 N–H and O–H groups in total. The lowest BCUT2D eigenvalue weighted by atomic mass is 9.93. The highest BCUT2D eigenvalue weighted by molar-refractivity contribution is 5.92. The van der Waals surface area contributed by atoms with Crippen LogP contribution in [-0.2, 0) is 18.4 Å². The number of nitrogens with one attached hydrogen (secondary N) is 1. The van der Waals surface area contributed by atoms with Crippen LogP contribution in [0.5, 0.6) is 0 Å². The number of rotatable bonds is 2. The molecule has 0 saturated carbocycles. The number of hydrogen-bond donors (Lipinski definition) is 1. The van der Waals surface area contributed by atoms with Gasteiger partial charge in [-0.15, -0.1) is 0 Å². The molecule has 1 atom stereocenters. The van der Waals surface area contributed by atoms with Crippen LogP contribution < -0.4 is 5.32 Å². The van der Waals surface area contributed by atoms with Gasteiger partial charge in [-0.3, -0.25) is 9.78 Å². The summed E-state index contributed by atoms with van der Waals surface area (Å²) >= 11 is 0. The zero-order valence-electron chi connectivity index (χ0n) is 13.3. The largest absolute Gasteiger partial charge is 0.346 e. The molecule has 0 spiro atoms. The third-order valence-electron chi connectivity index (χ3n) is 3.99. The summed E-state index contributed by atoms with van der Waals surface area (Å²) in [5.74, 6) is 1.01. The normalized spacial score (nSPS) is 17.9. The third-order valence-corrected chi connectivity index (χ3v) is 3.99. The fourth-order valence-corrected chi connectivity index (χ4v) is 2.68. The highest BCUT2D eigenvalue weighted by Gasteiger charge is 2.25. The fourth-order valence-electron chi connectivity index (χ4n) is 2.68. The molecule has 3 rings (SSSR count). The molecule has 1 aliphatic heterocycles. The van der Waals surface area contributed by atoms with E-state index in [9.17, 15) is 4.79 Å². The van der Waals surface area contributed by atoms with Crippen molar-refractivity contribution < 1.29 is 4.79 Å². The first kappa shape index (κ1) is 14.8. The Bertz CT molecular complexity index is 670. The summed E-state index contributed by atoms with van der Waals surface area (Å²) in [5.41, 5.74) is 1.63. The molecule has 2 aromatic heterocycles. The van der Waals surface area contributed by atoms with E-state index in [1.165, 1.54) is 0 Å². The molecule has 0 unspecified atom stereocenters. The Hall–Kier alpha value is -2.17. The van der Waals surface area contributed by atoms with Gasteiger partial charge in [0.05, 0.1) is 5.69 Å². The van der Waals surface area contributed by atoms with E-state index >= 15 is 0 Å². The van der Waals surface area contributed by atoms with Gasteiger partial charge in [0.25, 0.3) is 5.91 Å². The molecule has 1 aliphatic rings. The first-order valence-electron chi connectivity index (χ1n) is 7.72. The molecule has 0 fully saturated rings. The summed E-state index contributed by atoms with van der Waals surface area (Å²) in [6, 6.07) is 5.50. The quantitative estimate of drug-likeness (QED) is 0.925. The molecule has 3 heterocycles. The van der Waals surface area contributed by atoms with E-state index < -0.39 is 0 Å². The zero-order valence-corrected chi connectivity index (χ0v) is 13.3. The van der Waals surface area contributed by atoms with Crippen molar-refractivity contribution in [2.45, 2.75) is 51.6 Å². The summed E-state index contributed by atoms with van der Waals surface area (Å²) in [6.45, 7) is 7.28. The van der Waals surface area contributed by atoms with Crippen LogP contribution in [0.15, 0.2) is 30.6 Å². The summed E-state index contributed by atoms with van der Waals surface area (Å²) < 4.78 is 2.17. The molecule has 5 nitrogen and oxygen atoms in total. The Balaban J connectivity index is 1.69. The Morgan fingerprint density at radius 2 is 2.18 bits per heavy atom. The average molecular weight is 298 g/mol. The first-order chi connectivity index (χ1) is 10.4. The molecule has 0 bridgehead atoms. The maximum Gasteiger partial charge on any atom is 0.270 e. The lowest BCUT2D eigenvalue weighted by Crippen LogP contribution is -2.41. The van der Waals surface area contributed by atoms with Crippen LogP contribution in [0.4, 0.5) is 0 Å². The number of pyridine rings is 1. The predicted molar refractivity (Wildman–Crippen MR) is 84.7 cm³/mol. The van der Waals surface area contributed by atoms with Crippen molar-refractivity contribution in [1.29, 1.82) is 0 Å². The van der Waals surface area contributed by atoms with E-state index in [0.29, 0.717) is 5.69 Å². The monoisotopic (exact) mass is 298 g/mol. The molecular weight excluding hydrogens is 276 g/mol. The number of nitrogens with zero attached hydrogens (tertiary/aromatic N) is 3. The van der Waals surface area contributed by atoms with Crippen LogP contribution in [0.2, 0.25) is 0 Å². The molecule has 116 valence electrons. The Kier molecular flexibility index (Phi) is 3.72. The van der Waals surface area contributed by atoms with Gasteiger partial charge in [-0.2, -0.15) is 0 Å². The summed E-state index contributed by atoms with van der Waals surface area (Å²) in [5, 5.41) is 3.07. The van der Waals surface area contributed by atoms with Gasteiger partial charge in [0.15, 0.2) is 0 Å². The highest BCUT2D eigenvalue weighted by Crippen LogP contribution is 2.24. The topological polar surface area (TPSA) is 59.8 Å². The maximum absolute atomic E-state index is 12.2. The fraction of sp³-hybridized carbons (Fsp3) is 0.471. The third kappa shape index (κ3) is 3.03. The number of carbonyl (C=O) groups excluding carboxylic acids is 1. The van der Waals surface area contributed by atoms with E-state index in [1.807, 2.05) is 12.1 Å². The number of fused-ring (bicyclic) bond motifs is 1. The van der Waals surface area contributed by atoms with Crippen LogP contribution in [0.1, 0.15) is 49.2 Å². The Morgan fingerprint density at radius 3 is 2.86 bits per heavy atom. The number of carbonyl (C=O) groups is 1. The van der Waals surface area contributed by atoms with Crippen molar-refractivity contribution in [3.05, 3.63) is 47.8 Å². The van der Waals surface area contributed by atoms with Crippen molar-refractivity contribution in [2.24, 2.45) is 0 Å². The number of aromatic nitrogens is 3. The molecule has 2 aromatic rings. The summed E-state index contributed by atoms with van der Waals surface area (Å²) in [6.07, 6.45) is 5.57. The lowest BCUT2D eigenvalue weighted by molar-refractivity contribution is 0.0922. The smallest absolute Gasteiger partial charge is 0.270 e. The second kappa shape index (κ2) is 5.55. The van der Waals surface area contributed by atoms with E-state index in [-0.39, 0.29) is 17.4 Å². The van der Waals surface area contributed by atoms with Crippen molar-refractivity contribution in [3.63, 3.8) is 0 Å². The second-order valence-corrected chi connectivity index (χ2v) is 6.87. The minimum Gasteiger partial charge on any atom is -0.346 e. The van der Waals surface area contributed by atoms with Crippen LogP contribution in [0.25, 0.3) is 0 Å². The first-order valence-corrected chi connectivity index (χ1v) is 7.72. The molecule has 5 heteroatoms. The number of imidazole rings is 1. The molecule has 0 radical (unpaired) electrons. The van der Waals surface area contributed by atoms with Crippen molar-refractivity contribution in [2.75, 3.05) is 0 Å². The van der Waals surface area contributed by atoms with Gasteiger partial charge in [-0.05, 0) is 18.6 Å². The average Bonchev–Trinajstić information content (AvgIpc) is 2.91. The van der Waals surface area contributed by atoms with Crippen LogP contribution in [-0.4, -0.2) is 26.5 Å². The minimum absolute atomic E-state index is 0.0526. The second-order valence-electron chi connectivity index (χ2n) is 6.87. The highest BCUT2D eigenvalue weighted by atomic mass is 16.1. The Labute approximate surface area is 130 Å². The molecular formula is C17H22N4O. The predicted octanol–water partition coefficient (Wildman–Crippen LogP) is 2.32. The summed E-state index contributed by atoms with van der Waals surface area (Å²) in [7, 11) is 0. The maximum atomic E-state index is 12.2. The molecule has 0 aliphatic carbocycles. The molecule has 22 heavy (non-hydrogen) atoms. The van der Waals surface area contributed by atoms with Gasteiger partial charge < -0.3 is 9.88 Å². The van der Waals surface area contributed by atoms with Gasteiger partial charge >= 0.3 is 0 Å². The summed E-state index contributed by atoms with van der Waals surface area (Å²) in [4.78, 5) is 21.0. The van der Waals surface area contributed by atoms with Gasteiger partial charge in [-0.1, -0.05) is 26.8 Å². The standard InChI is InChI=1S/C17H22N4O/c1-17(2,3)14-11-21-10-12(7-8-15(21)20-14)19-16(22)13-6-4-5-9-18-13/h4-6,9,11-12H,7-8,10H2,1-3H3,(H,19,22)/t12-/m1/s1. The minimum atomic E-state index is -0.106. The Morgan fingerprint density at radius 1 is 1.36 bits per heavy atom. The van der Waals surface area contributed by atoms with E-state index in [4.69, 9.17) is 4.98 Å². The van der Waals surface area contributed by atoms with E-state index in [0.717, 1.165) is 30.9 Å².